The Morgan fingerprint density at radius 1 is 1.08 bits per heavy atom. The van der Waals surface area contributed by atoms with Crippen LogP contribution in [0.25, 0.3) is 0 Å². The van der Waals surface area contributed by atoms with E-state index < -0.39 is 11.4 Å². The molecule has 142 valence electrons. The van der Waals surface area contributed by atoms with E-state index in [1.807, 2.05) is 19.1 Å². The number of hydrogen-bond donors (Lipinski definition) is 0. The number of hydrogen-bond acceptors (Lipinski definition) is 4. The highest BCUT2D eigenvalue weighted by Crippen LogP contribution is 2.71. The molecule has 1 heterocycles. The van der Waals surface area contributed by atoms with Gasteiger partial charge in [-0.3, -0.25) is 0 Å². The van der Waals surface area contributed by atoms with Crippen molar-refractivity contribution in [1.29, 1.82) is 0 Å². The standard InChI is InChI=1S/C20H24Cl2O4/c1-11-4-13(7-16(23-2)17(11)21)20(24-3)19(25-26-20)14-5-12-6-15(19)10-18(22,8-12)9-14/h4,7,12,14-15H,5-6,8-10H2,1-3H3. The van der Waals surface area contributed by atoms with Gasteiger partial charge in [0.15, 0.2) is 5.60 Å². The highest BCUT2D eigenvalue weighted by Gasteiger charge is 2.78. The molecule has 4 nitrogen and oxygen atoms in total. The summed E-state index contributed by atoms with van der Waals surface area (Å²) in [6.07, 6.45) is 5.30. The SMILES string of the molecule is COc1cc(C2(OC)OOC23C2CC4CC3CC(Cl)(C4)C2)cc(C)c1Cl. The normalized spacial score (nSPS) is 45.8. The first kappa shape index (κ1) is 17.6. The van der Waals surface area contributed by atoms with E-state index in [9.17, 15) is 0 Å². The van der Waals surface area contributed by atoms with Crippen LogP contribution >= 0.6 is 23.2 Å². The van der Waals surface area contributed by atoms with Gasteiger partial charge in [0.1, 0.15) is 5.75 Å². The number of rotatable bonds is 3. The summed E-state index contributed by atoms with van der Waals surface area (Å²) in [6.45, 7) is 1.97. The molecule has 3 unspecified atom stereocenters. The summed E-state index contributed by atoms with van der Waals surface area (Å²) in [5.74, 6) is 1.05. The summed E-state index contributed by atoms with van der Waals surface area (Å²) in [4.78, 5) is 11.7. The zero-order valence-corrected chi connectivity index (χ0v) is 16.8. The average molecular weight is 399 g/mol. The molecule has 5 fully saturated rings. The number of methoxy groups -OCH3 is 2. The van der Waals surface area contributed by atoms with Crippen LogP contribution in [0, 0.1) is 24.7 Å². The number of benzene rings is 1. The third kappa shape index (κ3) is 1.98. The number of alkyl halides is 1. The smallest absolute Gasteiger partial charge is 0.260 e. The van der Waals surface area contributed by atoms with Crippen molar-refractivity contribution in [2.75, 3.05) is 14.2 Å². The van der Waals surface area contributed by atoms with E-state index in [1.165, 1.54) is 0 Å². The van der Waals surface area contributed by atoms with Crippen LogP contribution in [0.5, 0.6) is 5.75 Å². The lowest BCUT2D eigenvalue weighted by atomic mass is 9.46. The largest absolute Gasteiger partial charge is 0.495 e. The van der Waals surface area contributed by atoms with Crippen LogP contribution in [-0.2, 0) is 20.3 Å². The zero-order valence-electron chi connectivity index (χ0n) is 15.3. The molecule has 0 N–H and O–H groups in total. The summed E-state index contributed by atoms with van der Waals surface area (Å²) in [7, 11) is 3.32. The number of halogens is 2. The second-order valence-corrected chi connectivity index (χ2v) is 9.76. The topological polar surface area (TPSA) is 36.9 Å². The molecule has 0 amide bonds. The van der Waals surface area contributed by atoms with E-state index >= 15 is 0 Å². The van der Waals surface area contributed by atoms with Gasteiger partial charge in [0.25, 0.3) is 5.79 Å². The van der Waals surface area contributed by atoms with E-state index in [0.29, 0.717) is 28.5 Å². The molecule has 1 aliphatic heterocycles. The van der Waals surface area contributed by atoms with E-state index in [2.05, 4.69) is 0 Å². The van der Waals surface area contributed by atoms with Gasteiger partial charge in [-0.1, -0.05) is 11.6 Å². The van der Waals surface area contributed by atoms with E-state index in [4.69, 9.17) is 42.5 Å². The van der Waals surface area contributed by atoms with Gasteiger partial charge in [0.05, 0.1) is 12.1 Å². The van der Waals surface area contributed by atoms with E-state index in [1.54, 1.807) is 14.2 Å². The van der Waals surface area contributed by atoms with Crippen molar-refractivity contribution < 1.29 is 19.2 Å². The van der Waals surface area contributed by atoms with Gasteiger partial charge in [-0.05, 0) is 74.5 Å². The molecule has 1 aromatic carbocycles. The molecule has 6 heteroatoms. The zero-order chi connectivity index (χ0) is 18.3. The highest BCUT2D eigenvalue weighted by atomic mass is 35.5. The van der Waals surface area contributed by atoms with Gasteiger partial charge in [-0.25, -0.2) is 4.89 Å². The van der Waals surface area contributed by atoms with Crippen LogP contribution in [-0.4, -0.2) is 24.7 Å². The molecular formula is C20H24Cl2O4. The molecular weight excluding hydrogens is 375 g/mol. The van der Waals surface area contributed by atoms with Crippen molar-refractivity contribution in [1.82, 2.24) is 0 Å². The quantitative estimate of drug-likeness (QED) is 0.531. The fourth-order valence-electron chi connectivity index (χ4n) is 6.42. The van der Waals surface area contributed by atoms with Crippen LogP contribution in [0.1, 0.15) is 43.2 Å². The molecule has 26 heavy (non-hydrogen) atoms. The van der Waals surface area contributed by atoms with Gasteiger partial charge in [-0.2, -0.15) is 4.89 Å². The van der Waals surface area contributed by atoms with Crippen molar-refractivity contribution in [2.45, 2.75) is 55.3 Å². The Balaban J connectivity index is 1.63. The fourth-order valence-corrected chi connectivity index (χ4v) is 7.20. The van der Waals surface area contributed by atoms with Gasteiger partial charge < -0.3 is 9.47 Å². The molecule has 4 aliphatic carbocycles. The summed E-state index contributed by atoms with van der Waals surface area (Å²) < 4.78 is 11.6. The molecule has 3 atom stereocenters. The molecule has 1 aromatic rings. The minimum absolute atomic E-state index is 0.0756. The molecule has 1 spiro atoms. The maximum absolute atomic E-state index is 6.94. The summed E-state index contributed by atoms with van der Waals surface area (Å²) in [5, 5.41) is 0.613. The van der Waals surface area contributed by atoms with Crippen molar-refractivity contribution >= 4 is 23.2 Å². The predicted molar refractivity (Wildman–Crippen MR) is 98.5 cm³/mol. The molecule has 6 rings (SSSR count). The van der Waals surface area contributed by atoms with Crippen LogP contribution in [0.4, 0.5) is 0 Å². The van der Waals surface area contributed by atoms with Crippen LogP contribution in [0.15, 0.2) is 12.1 Å². The Kier molecular flexibility index (Phi) is 3.73. The third-order valence-corrected chi connectivity index (χ3v) is 8.19. The maximum atomic E-state index is 6.94. The first-order valence-electron chi connectivity index (χ1n) is 9.33. The van der Waals surface area contributed by atoms with Gasteiger partial charge >= 0.3 is 0 Å². The lowest BCUT2D eigenvalue weighted by Crippen LogP contribution is -2.78. The molecule has 0 radical (unpaired) electrons. The van der Waals surface area contributed by atoms with Gasteiger partial charge in [0.2, 0.25) is 0 Å². The second kappa shape index (κ2) is 5.51. The monoisotopic (exact) mass is 398 g/mol. The first-order chi connectivity index (χ1) is 12.4. The molecule has 4 bridgehead atoms. The van der Waals surface area contributed by atoms with Crippen LogP contribution < -0.4 is 4.74 Å². The average Bonchev–Trinajstić information content (AvgIpc) is 2.56. The van der Waals surface area contributed by atoms with Gasteiger partial charge in [-0.15, -0.1) is 11.6 Å². The van der Waals surface area contributed by atoms with E-state index in [-0.39, 0.29) is 4.87 Å². The Bertz CT molecular complexity index is 746. The number of ether oxygens (including phenoxy) is 2. The number of aryl methyl sites for hydroxylation is 1. The van der Waals surface area contributed by atoms with E-state index in [0.717, 1.165) is 43.2 Å². The van der Waals surface area contributed by atoms with Crippen molar-refractivity contribution in [3.8, 4) is 5.75 Å². The Morgan fingerprint density at radius 2 is 1.77 bits per heavy atom. The maximum Gasteiger partial charge on any atom is 0.260 e. The predicted octanol–water partition coefficient (Wildman–Crippen LogP) is 4.97. The first-order valence-corrected chi connectivity index (χ1v) is 10.1. The van der Waals surface area contributed by atoms with Crippen LogP contribution in [0.3, 0.4) is 0 Å². The minimum atomic E-state index is -0.939. The lowest BCUT2D eigenvalue weighted by molar-refractivity contribution is -0.645. The summed E-state index contributed by atoms with van der Waals surface area (Å²) >= 11 is 13.3. The molecule has 0 aromatic heterocycles. The second-order valence-electron chi connectivity index (χ2n) is 8.58. The molecule has 4 saturated carbocycles. The van der Waals surface area contributed by atoms with Crippen molar-refractivity contribution in [3.63, 3.8) is 0 Å². The highest BCUT2D eigenvalue weighted by molar-refractivity contribution is 6.32. The Hall–Kier alpha value is -0.520. The van der Waals surface area contributed by atoms with Gasteiger partial charge in [0, 0.05) is 17.5 Å². The third-order valence-electron chi connectivity index (χ3n) is 7.25. The minimum Gasteiger partial charge on any atom is -0.495 e. The summed E-state index contributed by atoms with van der Waals surface area (Å²) in [6, 6.07) is 3.95. The lowest BCUT2D eigenvalue weighted by Gasteiger charge is -2.70. The Labute approximate surface area is 164 Å². The summed E-state index contributed by atoms with van der Waals surface area (Å²) in [5.41, 5.74) is 1.35. The van der Waals surface area contributed by atoms with Crippen LogP contribution in [0.2, 0.25) is 5.02 Å². The Morgan fingerprint density at radius 3 is 2.27 bits per heavy atom. The fraction of sp³-hybridized carbons (Fsp3) is 0.700. The molecule has 1 saturated heterocycles. The van der Waals surface area contributed by atoms with Crippen molar-refractivity contribution in [3.05, 3.63) is 28.3 Å². The molecule has 5 aliphatic rings. The van der Waals surface area contributed by atoms with Crippen molar-refractivity contribution in [2.24, 2.45) is 17.8 Å².